The summed E-state index contributed by atoms with van der Waals surface area (Å²) in [5, 5.41) is 17.6. The number of carboxylic acids is 1. The van der Waals surface area contributed by atoms with Crippen LogP contribution in [0, 0.1) is 11.8 Å². The summed E-state index contributed by atoms with van der Waals surface area (Å²) in [5.74, 6) is -0.0108. The van der Waals surface area contributed by atoms with Crippen LogP contribution >= 0.6 is 23.5 Å². The van der Waals surface area contributed by atoms with Crippen molar-refractivity contribution in [3.05, 3.63) is 0 Å². The summed E-state index contributed by atoms with van der Waals surface area (Å²) < 4.78 is 5.28. The molecule has 196 valence electrons. The van der Waals surface area contributed by atoms with Crippen LogP contribution in [0.15, 0.2) is 0 Å². The van der Waals surface area contributed by atoms with Crippen molar-refractivity contribution >= 4 is 47.4 Å². The van der Waals surface area contributed by atoms with Crippen molar-refractivity contribution in [2.24, 2.45) is 11.8 Å². The second kappa shape index (κ2) is 15.4. The Morgan fingerprint density at radius 3 is 2.00 bits per heavy atom. The molecule has 0 heterocycles. The highest BCUT2D eigenvalue weighted by Crippen LogP contribution is 2.28. The fourth-order valence-corrected chi connectivity index (χ4v) is 4.68. The molecule has 3 amide bonds. The third-order valence-electron chi connectivity index (χ3n) is 5.63. The van der Waals surface area contributed by atoms with Crippen LogP contribution in [0.3, 0.4) is 0 Å². The molecule has 0 aromatic heterocycles. The monoisotopic (exact) mass is 519 g/mol. The van der Waals surface area contributed by atoms with Crippen LogP contribution in [0.2, 0.25) is 0 Å². The minimum Gasteiger partial charge on any atom is -0.480 e. The Balaban J connectivity index is 2.49. The van der Waals surface area contributed by atoms with Crippen LogP contribution in [0.4, 0.5) is 4.79 Å². The van der Waals surface area contributed by atoms with Gasteiger partial charge in [0.1, 0.15) is 17.7 Å². The van der Waals surface area contributed by atoms with Crippen LogP contribution in [-0.2, 0) is 19.1 Å². The molecule has 0 radical (unpaired) electrons. The summed E-state index contributed by atoms with van der Waals surface area (Å²) in [7, 11) is 0. The van der Waals surface area contributed by atoms with Crippen LogP contribution in [0.5, 0.6) is 0 Å². The first kappa shape index (κ1) is 30.4. The van der Waals surface area contributed by atoms with Crippen LogP contribution in [0.1, 0.15) is 59.3 Å². The van der Waals surface area contributed by atoms with E-state index in [-0.39, 0.29) is 23.7 Å². The number of thioether (sulfide) groups is 2. The van der Waals surface area contributed by atoms with Gasteiger partial charge in [-0.1, -0.05) is 0 Å². The standard InChI is InChI=1S/C23H41N3O6S2/c1-23(2,3)32-22(31)26-17(10-12-33-4)20(28)24-14-15-6-8-16(9-7-15)19(27)25-18(21(29)30)11-13-34-5/h15-18H,6-14H2,1-5H3,(H,24,28)(H,25,27)(H,26,31)(H,29,30)/t15?,16?,17-,18-/m0/s1. The van der Waals surface area contributed by atoms with Crippen molar-refractivity contribution in [3.63, 3.8) is 0 Å². The lowest BCUT2D eigenvalue weighted by molar-refractivity contribution is -0.142. The summed E-state index contributed by atoms with van der Waals surface area (Å²) in [4.78, 5) is 48.8. The van der Waals surface area contributed by atoms with Gasteiger partial charge < -0.3 is 25.8 Å². The molecule has 1 aliphatic carbocycles. The number of amides is 3. The fraction of sp³-hybridized carbons (Fsp3) is 0.826. The van der Waals surface area contributed by atoms with E-state index in [9.17, 15) is 24.3 Å². The number of rotatable bonds is 13. The topological polar surface area (TPSA) is 134 Å². The van der Waals surface area contributed by atoms with Crippen molar-refractivity contribution in [3.8, 4) is 0 Å². The number of aliphatic carboxylic acids is 1. The zero-order valence-electron chi connectivity index (χ0n) is 21.0. The lowest BCUT2D eigenvalue weighted by Gasteiger charge is -2.29. The molecule has 0 bridgehead atoms. The van der Waals surface area contributed by atoms with Crippen molar-refractivity contribution in [1.82, 2.24) is 16.0 Å². The third-order valence-corrected chi connectivity index (χ3v) is 6.91. The molecule has 1 aliphatic rings. The average molecular weight is 520 g/mol. The SMILES string of the molecule is CSCC[C@H](NC(=O)C1CCC(CNC(=O)[C@H](CCSC)NC(=O)OC(C)(C)C)CC1)C(=O)O. The average Bonchev–Trinajstić information content (AvgIpc) is 2.76. The van der Waals surface area contributed by atoms with Gasteiger partial charge in [0.15, 0.2) is 0 Å². The highest BCUT2D eigenvalue weighted by Gasteiger charge is 2.30. The first-order valence-corrected chi connectivity index (χ1v) is 14.5. The molecular formula is C23H41N3O6S2. The van der Waals surface area contributed by atoms with Gasteiger partial charge in [-0.25, -0.2) is 9.59 Å². The Hall–Kier alpha value is -1.62. The highest BCUT2D eigenvalue weighted by atomic mass is 32.2. The van der Waals surface area contributed by atoms with E-state index >= 15 is 0 Å². The Kier molecular flexibility index (Phi) is 13.8. The van der Waals surface area contributed by atoms with Gasteiger partial charge >= 0.3 is 12.1 Å². The molecule has 0 aliphatic heterocycles. The number of carbonyl (C=O) groups excluding carboxylic acids is 3. The number of carbonyl (C=O) groups is 4. The van der Waals surface area contributed by atoms with E-state index in [0.29, 0.717) is 38.0 Å². The minimum atomic E-state index is -1.00. The molecule has 1 fully saturated rings. The number of carboxylic acid groups (broad SMARTS) is 1. The zero-order chi connectivity index (χ0) is 25.7. The normalized spacial score (nSPS) is 20.0. The van der Waals surface area contributed by atoms with Crippen molar-refractivity contribution in [2.75, 3.05) is 30.6 Å². The molecule has 0 spiro atoms. The Labute approximate surface area is 211 Å². The van der Waals surface area contributed by atoms with Gasteiger partial charge in [-0.3, -0.25) is 9.59 Å². The molecule has 34 heavy (non-hydrogen) atoms. The smallest absolute Gasteiger partial charge is 0.408 e. The predicted octanol–water partition coefficient (Wildman–Crippen LogP) is 2.88. The molecule has 0 aromatic rings. The molecule has 1 rings (SSSR count). The quantitative estimate of drug-likeness (QED) is 0.292. The van der Waals surface area contributed by atoms with E-state index in [4.69, 9.17) is 4.74 Å². The van der Waals surface area contributed by atoms with Crippen LogP contribution in [0.25, 0.3) is 0 Å². The molecule has 0 unspecified atom stereocenters. The van der Waals surface area contributed by atoms with Crippen molar-refractivity contribution in [2.45, 2.75) is 77.0 Å². The van der Waals surface area contributed by atoms with E-state index in [1.807, 2.05) is 12.5 Å². The van der Waals surface area contributed by atoms with Gasteiger partial charge in [0, 0.05) is 12.5 Å². The Morgan fingerprint density at radius 2 is 1.50 bits per heavy atom. The first-order chi connectivity index (χ1) is 16.0. The summed E-state index contributed by atoms with van der Waals surface area (Å²) in [6.07, 6.45) is 7.00. The fourth-order valence-electron chi connectivity index (χ4n) is 3.73. The van der Waals surface area contributed by atoms with E-state index in [1.165, 1.54) is 0 Å². The van der Waals surface area contributed by atoms with Gasteiger partial charge in [0.05, 0.1) is 0 Å². The zero-order valence-corrected chi connectivity index (χ0v) is 22.6. The van der Waals surface area contributed by atoms with Gasteiger partial charge in [-0.05, 0) is 89.2 Å². The number of ether oxygens (including phenoxy) is 1. The maximum absolute atomic E-state index is 12.7. The molecule has 11 heteroatoms. The lowest BCUT2D eigenvalue weighted by Crippen LogP contribution is -2.49. The second-order valence-corrected chi connectivity index (χ2v) is 11.6. The second-order valence-electron chi connectivity index (χ2n) is 9.62. The molecule has 4 N–H and O–H groups in total. The number of alkyl carbamates (subject to hydrolysis) is 1. The summed E-state index contributed by atoms with van der Waals surface area (Å²) >= 11 is 3.15. The first-order valence-electron chi connectivity index (χ1n) is 11.7. The molecular weight excluding hydrogens is 478 g/mol. The van der Waals surface area contributed by atoms with Gasteiger partial charge in [-0.15, -0.1) is 0 Å². The number of hydrogen-bond acceptors (Lipinski definition) is 7. The van der Waals surface area contributed by atoms with Gasteiger partial charge in [0.25, 0.3) is 0 Å². The molecule has 2 atom stereocenters. The van der Waals surface area contributed by atoms with Crippen molar-refractivity contribution < 1.29 is 29.0 Å². The molecule has 9 nitrogen and oxygen atoms in total. The maximum atomic E-state index is 12.7. The number of hydrogen-bond donors (Lipinski definition) is 4. The maximum Gasteiger partial charge on any atom is 0.408 e. The van der Waals surface area contributed by atoms with E-state index in [0.717, 1.165) is 18.6 Å². The molecule has 0 saturated heterocycles. The summed E-state index contributed by atoms with van der Waals surface area (Å²) in [6, 6.07) is -1.52. The van der Waals surface area contributed by atoms with E-state index in [2.05, 4.69) is 16.0 Å². The van der Waals surface area contributed by atoms with Gasteiger partial charge in [-0.2, -0.15) is 23.5 Å². The lowest BCUT2D eigenvalue weighted by atomic mass is 9.81. The van der Waals surface area contributed by atoms with Gasteiger partial charge in [0.2, 0.25) is 11.8 Å². The van der Waals surface area contributed by atoms with E-state index < -0.39 is 29.7 Å². The van der Waals surface area contributed by atoms with Crippen LogP contribution in [-0.4, -0.2) is 77.2 Å². The van der Waals surface area contributed by atoms with Crippen molar-refractivity contribution in [1.29, 1.82) is 0 Å². The molecule has 1 saturated carbocycles. The Bertz CT molecular complexity index is 678. The van der Waals surface area contributed by atoms with E-state index in [1.54, 1.807) is 44.3 Å². The summed E-state index contributed by atoms with van der Waals surface area (Å²) in [6.45, 7) is 5.79. The van der Waals surface area contributed by atoms with Crippen LogP contribution < -0.4 is 16.0 Å². The molecule has 0 aromatic carbocycles. The highest BCUT2D eigenvalue weighted by molar-refractivity contribution is 7.98. The number of nitrogens with one attached hydrogen (secondary N) is 3. The predicted molar refractivity (Wildman–Crippen MR) is 137 cm³/mol. The third kappa shape index (κ3) is 12.2. The minimum absolute atomic E-state index is 0.199. The Morgan fingerprint density at radius 1 is 0.941 bits per heavy atom. The largest absolute Gasteiger partial charge is 0.480 e. The summed E-state index contributed by atoms with van der Waals surface area (Å²) in [5.41, 5.74) is -0.644.